The lowest BCUT2D eigenvalue weighted by Crippen LogP contribution is -2.56. The van der Waals surface area contributed by atoms with Gasteiger partial charge in [-0.05, 0) is 35.4 Å². The summed E-state index contributed by atoms with van der Waals surface area (Å²) in [4.78, 5) is 44.5. The normalized spacial score (nSPS) is 21.3. The highest BCUT2D eigenvalue weighted by atomic mass is 19.3. The fourth-order valence-corrected chi connectivity index (χ4v) is 6.58. The Kier molecular flexibility index (Phi) is 5.84. The van der Waals surface area contributed by atoms with Crippen LogP contribution in [0.2, 0.25) is 0 Å². The van der Waals surface area contributed by atoms with E-state index in [9.17, 15) is 31.9 Å². The molecule has 0 atom stereocenters. The van der Waals surface area contributed by atoms with E-state index in [4.69, 9.17) is 14.3 Å². The molecule has 0 radical (unpaired) electrons. The number of nitrogens with zero attached hydrogens (tertiary/aromatic N) is 3. The first-order valence-electron chi connectivity index (χ1n) is 14.2. The lowest BCUT2D eigenvalue weighted by Gasteiger charge is -2.43. The molecule has 3 aromatic carbocycles. The highest BCUT2D eigenvalue weighted by Crippen LogP contribution is 2.58. The number of carbonyl (C=O) groups is 3. The Morgan fingerprint density at radius 1 is 0.739 bits per heavy atom. The van der Waals surface area contributed by atoms with Crippen LogP contribution in [0, 0.1) is 11.6 Å². The fourth-order valence-electron chi connectivity index (χ4n) is 6.58. The molecule has 15 heteroatoms. The summed E-state index contributed by atoms with van der Waals surface area (Å²) < 4.78 is 98.5. The first-order valence-corrected chi connectivity index (χ1v) is 14.2. The SMILES string of the molecule is O=C(ON1C(=O)CCC1=O)c1ccc2c(c1)C1(OC2)c2cc(F)c(N3CC(F)(F)C3)cc2Oc2cc(N3CC(F)(F)C3)c(F)cc21. The minimum absolute atomic E-state index is 0.0281. The van der Waals surface area contributed by atoms with Crippen LogP contribution in [0.25, 0.3) is 0 Å². The van der Waals surface area contributed by atoms with E-state index in [1.54, 1.807) is 0 Å². The molecule has 0 N–H and O–H groups in total. The average Bonchev–Trinajstić information content (AvgIpc) is 3.50. The minimum atomic E-state index is -3.01. The third-order valence-corrected chi connectivity index (χ3v) is 8.80. The number of ether oxygens (including phenoxy) is 2. The molecule has 2 amide bonds. The maximum atomic E-state index is 15.7. The summed E-state index contributed by atoms with van der Waals surface area (Å²) in [6.45, 7) is -3.01. The number of anilines is 2. The second-order valence-electron chi connectivity index (χ2n) is 11.9. The van der Waals surface area contributed by atoms with Crippen LogP contribution in [0.15, 0.2) is 42.5 Å². The van der Waals surface area contributed by atoms with Gasteiger partial charge in [0.1, 0.15) is 23.1 Å². The van der Waals surface area contributed by atoms with Gasteiger partial charge in [0.2, 0.25) is 0 Å². The Morgan fingerprint density at radius 3 is 1.76 bits per heavy atom. The minimum Gasteiger partial charge on any atom is -0.456 e. The van der Waals surface area contributed by atoms with Gasteiger partial charge in [-0.3, -0.25) is 9.59 Å². The second-order valence-corrected chi connectivity index (χ2v) is 11.9. The molecule has 0 unspecified atom stereocenters. The van der Waals surface area contributed by atoms with Crippen molar-refractivity contribution in [2.24, 2.45) is 0 Å². The van der Waals surface area contributed by atoms with E-state index in [1.165, 1.54) is 30.3 Å². The van der Waals surface area contributed by atoms with Crippen molar-refractivity contribution in [2.45, 2.75) is 36.9 Å². The van der Waals surface area contributed by atoms with Gasteiger partial charge >= 0.3 is 5.97 Å². The van der Waals surface area contributed by atoms with Gasteiger partial charge in [-0.25, -0.2) is 31.1 Å². The molecule has 3 saturated heterocycles. The summed E-state index contributed by atoms with van der Waals surface area (Å²) in [6, 6.07) is 8.74. The van der Waals surface area contributed by atoms with Gasteiger partial charge in [0.25, 0.3) is 23.7 Å². The zero-order chi connectivity index (χ0) is 32.3. The third kappa shape index (κ3) is 4.17. The van der Waals surface area contributed by atoms with Crippen LogP contribution in [-0.2, 0) is 31.4 Å². The van der Waals surface area contributed by atoms with Crippen molar-refractivity contribution in [1.29, 1.82) is 0 Å². The molecule has 46 heavy (non-hydrogen) atoms. The van der Waals surface area contributed by atoms with Crippen LogP contribution < -0.4 is 14.5 Å². The quantitative estimate of drug-likeness (QED) is 0.289. The van der Waals surface area contributed by atoms with Crippen molar-refractivity contribution in [3.05, 3.63) is 81.9 Å². The van der Waals surface area contributed by atoms with Gasteiger partial charge in [0.05, 0.1) is 49.7 Å². The first-order chi connectivity index (χ1) is 21.7. The molecule has 8 rings (SSSR count). The zero-order valence-corrected chi connectivity index (χ0v) is 23.6. The Balaban J connectivity index is 1.27. The lowest BCUT2D eigenvalue weighted by molar-refractivity contribution is -0.172. The van der Waals surface area contributed by atoms with Gasteiger partial charge in [0, 0.05) is 36.1 Å². The number of hydroxylamine groups is 2. The molecule has 238 valence electrons. The predicted molar refractivity (Wildman–Crippen MR) is 145 cm³/mol. The van der Waals surface area contributed by atoms with E-state index >= 15 is 8.78 Å². The fraction of sp³-hybridized carbons (Fsp3) is 0.323. The maximum Gasteiger partial charge on any atom is 0.363 e. The van der Waals surface area contributed by atoms with Crippen LogP contribution >= 0.6 is 0 Å². The predicted octanol–water partition coefficient (Wildman–Crippen LogP) is 5.02. The Morgan fingerprint density at radius 2 is 1.26 bits per heavy atom. The summed E-state index contributed by atoms with van der Waals surface area (Å²) in [5.41, 5.74) is -1.47. The standard InChI is InChI=1S/C31H21F6N3O6/c32-20-6-18-24(8-22(20)38-11-29(34,35)12-38)45-25-9-23(39-13-30(36,37)14-39)21(33)7-19(25)31(18)17-5-15(1-2-16(17)10-44-31)28(43)46-40-26(41)3-4-27(40)42/h1-2,5-9H,3-4,10-14H2. The molecule has 0 aromatic heterocycles. The molecule has 0 bridgehead atoms. The number of halogens is 6. The zero-order valence-electron chi connectivity index (χ0n) is 23.6. The van der Waals surface area contributed by atoms with Crippen molar-refractivity contribution >= 4 is 29.2 Å². The molecular weight excluding hydrogens is 624 g/mol. The largest absolute Gasteiger partial charge is 0.456 e. The number of amides is 2. The Hall–Kier alpha value is -4.79. The number of alkyl halides is 4. The number of imide groups is 1. The molecular formula is C31H21F6N3O6. The van der Waals surface area contributed by atoms with Crippen LogP contribution in [0.3, 0.4) is 0 Å². The molecule has 5 heterocycles. The average molecular weight is 646 g/mol. The number of benzene rings is 3. The van der Waals surface area contributed by atoms with Crippen LogP contribution in [0.1, 0.15) is 45.5 Å². The lowest BCUT2D eigenvalue weighted by atomic mass is 9.76. The second kappa shape index (κ2) is 9.37. The topological polar surface area (TPSA) is 88.6 Å². The van der Waals surface area contributed by atoms with E-state index in [2.05, 4.69) is 0 Å². The molecule has 3 fully saturated rings. The Labute approximate surface area is 255 Å². The molecule has 1 spiro atoms. The molecule has 3 aromatic rings. The van der Waals surface area contributed by atoms with Crippen molar-refractivity contribution in [3.63, 3.8) is 0 Å². The van der Waals surface area contributed by atoms with Crippen molar-refractivity contribution in [2.75, 3.05) is 36.0 Å². The van der Waals surface area contributed by atoms with E-state index in [-0.39, 0.29) is 64.6 Å². The highest BCUT2D eigenvalue weighted by molar-refractivity contribution is 6.02. The number of fused-ring (bicyclic) bond motifs is 6. The van der Waals surface area contributed by atoms with E-state index in [0.29, 0.717) is 10.6 Å². The summed E-state index contributed by atoms with van der Waals surface area (Å²) >= 11 is 0. The summed E-state index contributed by atoms with van der Waals surface area (Å²) in [5.74, 6) is -10.3. The number of hydrogen-bond donors (Lipinski definition) is 0. The monoisotopic (exact) mass is 645 g/mol. The van der Waals surface area contributed by atoms with Gasteiger partial charge in [0.15, 0.2) is 5.60 Å². The highest BCUT2D eigenvalue weighted by Gasteiger charge is 2.53. The van der Waals surface area contributed by atoms with Gasteiger partial charge < -0.3 is 24.1 Å². The van der Waals surface area contributed by atoms with Crippen LogP contribution in [0.4, 0.5) is 37.7 Å². The molecule has 5 aliphatic heterocycles. The van der Waals surface area contributed by atoms with Gasteiger partial charge in [-0.2, -0.15) is 0 Å². The summed E-state index contributed by atoms with van der Waals surface area (Å²) in [6.07, 6.45) is -0.238. The third-order valence-electron chi connectivity index (χ3n) is 8.80. The molecule has 9 nitrogen and oxygen atoms in total. The van der Waals surface area contributed by atoms with E-state index < -0.39 is 73.0 Å². The smallest absolute Gasteiger partial charge is 0.363 e. The Bertz CT molecular complexity index is 1790. The van der Waals surface area contributed by atoms with Crippen molar-refractivity contribution < 1.29 is 55.0 Å². The van der Waals surface area contributed by atoms with E-state index in [1.807, 2.05) is 0 Å². The number of carbonyl (C=O) groups excluding carboxylic acids is 3. The number of hydrogen-bond acceptors (Lipinski definition) is 8. The maximum absolute atomic E-state index is 15.7. The van der Waals surface area contributed by atoms with Gasteiger partial charge in [-0.1, -0.05) is 6.07 Å². The molecule has 0 aliphatic carbocycles. The van der Waals surface area contributed by atoms with Crippen LogP contribution in [0.5, 0.6) is 11.5 Å². The summed E-state index contributed by atoms with van der Waals surface area (Å²) in [5, 5.41) is 0.382. The van der Waals surface area contributed by atoms with Crippen LogP contribution in [-0.4, -0.2) is 60.9 Å². The van der Waals surface area contributed by atoms with Crippen molar-refractivity contribution in [1.82, 2.24) is 5.06 Å². The van der Waals surface area contributed by atoms with Gasteiger partial charge in [-0.15, -0.1) is 5.06 Å². The summed E-state index contributed by atoms with van der Waals surface area (Å²) in [7, 11) is 0. The molecule has 0 saturated carbocycles. The number of rotatable bonds is 4. The molecule has 5 aliphatic rings. The van der Waals surface area contributed by atoms with E-state index in [0.717, 1.165) is 21.9 Å². The van der Waals surface area contributed by atoms with Crippen molar-refractivity contribution in [3.8, 4) is 11.5 Å². The first kappa shape index (κ1) is 28.7.